The standard InChI is InChI=1S/C15H18N2O3S/c1-8-13(9(2)18)14(17-15(16-8)21-4)10-5-6-11(19)12(7-10)20-3/h5-7,14,19H,1-4H3,(H,16,17)/t14-/m1/s1. The van der Waals surface area contributed by atoms with Crippen molar-refractivity contribution < 1.29 is 14.6 Å². The van der Waals surface area contributed by atoms with Crippen LogP contribution in [0.3, 0.4) is 0 Å². The molecule has 1 aliphatic heterocycles. The Balaban J connectivity index is 2.54. The third-order valence-electron chi connectivity index (χ3n) is 3.31. The van der Waals surface area contributed by atoms with E-state index in [0.717, 1.165) is 16.4 Å². The highest BCUT2D eigenvalue weighted by Crippen LogP contribution is 2.36. The summed E-state index contributed by atoms with van der Waals surface area (Å²) in [6.45, 7) is 3.40. The summed E-state index contributed by atoms with van der Waals surface area (Å²) in [4.78, 5) is 16.5. The van der Waals surface area contributed by atoms with E-state index < -0.39 is 0 Å². The van der Waals surface area contributed by atoms with Crippen molar-refractivity contribution >= 4 is 22.7 Å². The van der Waals surface area contributed by atoms with Gasteiger partial charge in [0.25, 0.3) is 0 Å². The molecule has 0 aliphatic carbocycles. The number of allylic oxidation sites excluding steroid dienone is 1. The second kappa shape index (κ2) is 6.22. The summed E-state index contributed by atoms with van der Waals surface area (Å²) >= 11 is 1.49. The maximum Gasteiger partial charge on any atom is 0.161 e. The number of carbonyl (C=O) groups is 1. The number of carbonyl (C=O) groups excluding carboxylic acids is 1. The average molecular weight is 306 g/mol. The first kappa shape index (κ1) is 15.4. The van der Waals surface area contributed by atoms with Crippen molar-refractivity contribution in [2.75, 3.05) is 13.4 Å². The zero-order valence-electron chi connectivity index (χ0n) is 12.4. The van der Waals surface area contributed by atoms with Crippen LogP contribution in [0.5, 0.6) is 11.5 Å². The number of ketones is 1. The molecule has 0 spiro atoms. The molecule has 1 atom stereocenters. The fourth-order valence-electron chi connectivity index (χ4n) is 2.31. The van der Waals surface area contributed by atoms with E-state index in [2.05, 4.69) is 10.3 Å². The second-order valence-electron chi connectivity index (χ2n) is 4.69. The first-order valence-electron chi connectivity index (χ1n) is 6.45. The quantitative estimate of drug-likeness (QED) is 0.898. The Labute approximate surface area is 128 Å². The van der Waals surface area contributed by atoms with Crippen LogP contribution < -0.4 is 10.1 Å². The molecule has 2 rings (SSSR count). The van der Waals surface area contributed by atoms with Crippen molar-refractivity contribution in [1.82, 2.24) is 5.32 Å². The number of hydrogen-bond acceptors (Lipinski definition) is 6. The zero-order valence-corrected chi connectivity index (χ0v) is 13.2. The van der Waals surface area contributed by atoms with Gasteiger partial charge in [0.2, 0.25) is 0 Å². The van der Waals surface area contributed by atoms with E-state index in [1.165, 1.54) is 25.8 Å². The molecule has 0 radical (unpaired) electrons. The first-order valence-corrected chi connectivity index (χ1v) is 7.67. The van der Waals surface area contributed by atoms with E-state index in [1.54, 1.807) is 18.2 Å². The predicted molar refractivity (Wildman–Crippen MR) is 84.9 cm³/mol. The Morgan fingerprint density at radius 2 is 2.19 bits per heavy atom. The van der Waals surface area contributed by atoms with Gasteiger partial charge in [0, 0.05) is 11.3 Å². The SMILES string of the molecule is COc1cc([C@H]2N=C(SC)NC(C)=C2C(C)=O)ccc1O. The van der Waals surface area contributed by atoms with Gasteiger partial charge in [0.1, 0.15) is 6.04 Å². The van der Waals surface area contributed by atoms with Crippen LogP contribution in [0.1, 0.15) is 25.5 Å². The van der Waals surface area contributed by atoms with E-state index in [0.29, 0.717) is 11.3 Å². The number of phenols is 1. The normalized spacial score (nSPS) is 18.1. The number of aliphatic imine (C=N–C) groups is 1. The van der Waals surface area contributed by atoms with E-state index in [-0.39, 0.29) is 17.6 Å². The third kappa shape index (κ3) is 3.05. The minimum absolute atomic E-state index is 0.0269. The van der Waals surface area contributed by atoms with Crippen molar-refractivity contribution in [2.24, 2.45) is 4.99 Å². The highest BCUT2D eigenvalue weighted by molar-refractivity contribution is 8.13. The number of phenolic OH excluding ortho intramolecular Hbond substituents is 1. The number of benzene rings is 1. The van der Waals surface area contributed by atoms with Crippen molar-refractivity contribution in [3.8, 4) is 11.5 Å². The van der Waals surface area contributed by atoms with Gasteiger partial charge in [-0.1, -0.05) is 17.8 Å². The van der Waals surface area contributed by atoms with Crippen molar-refractivity contribution in [2.45, 2.75) is 19.9 Å². The second-order valence-corrected chi connectivity index (χ2v) is 5.49. The monoisotopic (exact) mass is 306 g/mol. The third-order valence-corrected chi connectivity index (χ3v) is 3.90. The minimum atomic E-state index is -0.388. The van der Waals surface area contributed by atoms with Gasteiger partial charge in [-0.3, -0.25) is 4.79 Å². The summed E-state index contributed by atoms with van der Waals surface area (Å²) in [6.07, 6.45) is 1.92. The molecule has 112 valence electrons. The number of Topliss-reactive ketones (excluding diaryl/α,β-unsaturated/α-hetero) is 1. The van der Waals surface area contributed by atoms with E-state index in [1.807, 2.05) is 13.2 Å². The Morgan fingerprint density at radius 3 is 2.76 bits per heavy atom. The van der Waals surface area contributed by atoms with Crippen LogP contribution in [-0.4, -0.2) is 29.4 Å². The summed E-state index contributed by atoms with van der Waals surface area (Å²) in [7, 11) is 1.49. The minimum Gasteiger partial charge on any atom is -0.504 e. The number of amidine groups is 1. The molecule has 1 aromatic rings. The fourth-order valence-corrected chi connectivity index (χ4v) is 2.78. The van der Waals surface area contributed by atoms with Crippen LogP contribution in [0.15, 0.2) is 34.5 Å². The van der Waals surface area contributed by atoms with Crippen molar-refractivity contribution in [1.29, 1.82) is 0 Å². The first-order chi connectivity index (χ1) is 9.97. The summed E-state index contributed by atoms with van der Waals surface area (Å²) in [5.41, 5.74) is 2.24. The smallest absolute Gasteiger partial charge is 0.161 e. The van der Waals surface area contributed by atoms with Gasteiger partial charge in [0.15, 0.2) is 22.4 Å². The molecule has 6 heteroatoms. The van der Waals surface area contributed by atoms with E-state index in [9.17, 15) is 9.90 Å². The lowest BCUT2D eigenvalue weighted by atomic mass is 9.94. The number of hydrogen-bond donors (Lipinski definition) is 2. The lowest BCUT2D eigenvalue weighted by Gasteiger charge is -2.25. The van der Waals surface area contributed by atoms with Gasteiger partial charge in [-0.2, -0.15) is 0 Å². The van der Waals surface area contributed by atoms with E-state index >= 15 is 0 Å². The van der Waals surface area contributed by atoms with Gasteiger partial charge in [-0.05, 0) is 37.8 Å². The Morgan fingerprint density at radius 1 is 1.48 bits per heavy atom. The highest BCUT2D eigenvalue weighted by Gasteiger charge is 2.27. The average Bonchev–Trinajstić information content (AvgIpc) is 2.46. The molecule has 1 aliphatic rings. The molecule has 5 nitrogen and oxygen atoms in total. The Kier molecular flexibility index (Phi) is 4.57. The lowest BCUT2D eigenvalue weighted by Crippen LogP contribution is -2.28. The Bertz CT molecular complexity index is 638. The number of thioether (sulfide) groups is 1. The van der Waals surface area contributed by atoms with Crippen LogP contribution in [0.4, 0.5) is 0 Å². The lowest BCUT2D eigenvalue weighted by molar-refractivity contribution is -0.113. The predicted octanol–water partition coefficient (Wildman–Crippen LogP) is 2.63. The van der Waals surface area contributed by atoms with Crippen molar-refractivity contribution in [3.63, 3.8) is 0 Å². The molecule has 0 saturated carbocycles. The van der Waals surface area contributed by atoms with Gasteiger partial charge in [0.05, 0.1) is 7.11 Å². The van der Waals surface area contributed by atoms with Crippen LogP contribution in [0, 0.1) is 0 Å². The molecular weight excluding hydrogens is 288 g/mol. The molecule has 21 heavy (non-hydrogen) atoms. The van der Waals surface area contributed by atoms with Crippen LogP contribution in [0.2, 0.25) is 0 Å². The van der Waals surface area contributed by atoms with Crippen LogP contribution >= 0.6 is 11.8 Å². The number of ether oxygens (including phenoxy) is 1. The molecule has 0 bridgehead atoms. The molecule has 0 aromatic heterocycles. The molecule has 0 fully saturated rings. The van der Waals surface area contributed by atoms with Gasteiger partial charge < -0.3 is 15.2 Å². The molecule has 1 heterocycles. The molecule has 2 N–H and O–H groups in total. The molecule has 0 saturated heterocycles. The van der Waals surface area contributed by atoms with Crippen LogP contribution in [0.25, 0.3) is 0 Å². The molecular formula is C15H18N2O3S. The number of nitrogens with zero attached hydrogens (tertiary/aromatic N) is 1. The van der Waals surface area contributed by atoms with Crippen LogP contribution in [-0.2, 0) is 4.79 Å². The maximum atomic E-state index is 12.0. The number of aromatic hydroxyl groups is 1. The molecule has 0 amide bonds. The maximum absolute atomic E-state index is 12.0. The Hall–Kier alpha value is -1.95. The largest absolute Gasteiger partial charge is 0.504 e. The summed E-state index contributed by atoms with van der Waals surface area (Å²) in [5.74, 6) is 0.405. The summed E-state index contributed by atoms with van der Waals surface area (Å²) in [6, 6.07) is 4.63. The number of rotatable bonds is 3. The van der Waals surface area contributed by atoms with Gasteiger partial charge >= 0.3 is 0 Å². The van der Waals surface area contributed by atoms with Gasteiger partial charge in [-0.15, -0.1) is 0 Å². The molecule has 0 unspecified atom stereocenters. The van der Waals surface area contributed by atoms with Gasteiger partial charge in [-0.25, -0.2) is 4.99 Å². The fraction of sp³-hybridized carbons (Fsp3) is 0.333. The summed E-state index contributed by atoms with van der Waals surface area (Å²) in [5, 5.41) is 13.6. The van der Waals surface area contributed by atoms with E-state index in [4.69, 9.17) is 4.74 Å². The zero-order chi connectivity index (χ0) is 15.6. The molecule has 1 aromatic carbocycles. The number of nitrogens with one attached hydrogen (secondary N) is 1. The summed E-state index contributed by atoms with van der Waals surface area (Å²) < 4.78 is 5.13. The highest BCUT2D eigenvalue weighted by atomic mass is 32.2. The topological polar surface area (TPSA) is 70.9 Å². The number of methoxy groups -OCH3 is 1. The van der Waals surface area contributed by atoms with Crippen molar-refractivity contribution in [3.05, 3.63) is 35.0 Å².